The Hall–Kier alpha value is -1.14. The molecule has 0 aromatic carbocycles. The maximum absolute atomic E-state index is 5.54. The summed E-state index contributed by atoms with van der Waals surface area (Å²) in [5.41, 5.74) is 7.09. The van der Waals surface area contributed by atoms with Gasteiger partial charge in [-0.1, -0.05) is 5.21 Å². The van der Waals surface area contributed by atoms with Gasteiger partial charge >= 0.3 is 0 Å². The molecule has 0 aliphatic carbocycles. The average molecular weight is 257 g/mol. The first kappa shape index (κ1) is 9.42. The Kier molecular flexibility index (Phi) is 2.39. The van der Waals surface area contributed by atoms with E-state index in [0.29, 0.717) is 17.0 Å². The lowest BCUT2D eigenvalue weighted by Gasteiger charge is -1.98. The summed E-state index contributed by atoms with van der Waals surface area (Å²) in [5, 5.41) is 7.82. The van der Waals surface area contributed by atoms with Gasteiger partial charge in [0, 0.05) is 13.6 Å². The van der Waals surface area contributed by atoms with Gasteiger partial charge in [0.25, 0.3) is 0 Å². The van der Waals surface area contributed by atoms with Gasteiger partial charge in [-0.2, -0.15) is 0 Å². The maximum atomic E-state index is 5.54. The number of nitrogens with zero attached hydrogens (tertiary/aromatic N) is 3. The molecule has 0 fully saturated rings. The summed E-state index contributed by atoms with van der Waals surface area (Å²) in [6.07, 6.45) is 0. The molecule has 14 heavy (non-hydrogen) atoms. The van der Waals surface area contributed by atoms with Crippen LogP contribution in [0.15, 0.2) is 21.2 Å². The second kappa shape index (κ2) is 3.55. The van der Waals surface area contributed by atoms with Crippen LogP contribution < -0.4 is 5.73 Å². The Morgan fingerprint density at radius 2 is 2.36 bits per heavy atom. The largest absolute Gasteiger partial charge is 0.448 e. The summed E-state index contributed by atoms with van der Waals surface area (Å²) in [5.74, 6) is 0.713. The molecule has 2 aromatic rings. The fraction of sp³-hybridized carbons (Fsp3) is 0.250. The van der Waals surface area contributed by atoms with Crippen LogP contribution >= 0.6 is 15.9 Å². The van der Waals surface area contributed by atoms with Crippen LogP contribution in [0.2, 0.25) is 0 Å². The second-order valence-corrected chi connectivity index (χ2v) is 3.60. The van der Waals surface area contributed by atoms with Crippen LogP contribution in [0.4, 0.5) is 0 Å². The molecule has 0 aliphatic rings. The van der Waals surface area contributed by atoms with Gasteiger partial charge in [0.2, 0.25) is 0 Å². The third kappa shape index (κ3) is 1.46. The zero-order valence-electron chi connectivity index (χ0n) is 7.57. The van der Waals surface area contributed by atoms with Crippen molar-refractivity contribution in [1.82, 2.24) is 15.0 Å². The van der Waals surface area contributed by atoms with Crippen molar-refractivity contribution in [2.45, 2.75) is 6.54 Å². The lowest BCUT2D eigenvalue weighted by Crippen LogP contribution is -2.00. The van der Waals surface area contributed by atoms with Crippen molar-refractivity contribution >= 4 is 15.9 Å². The summed E-state index contributed by atoms with van der Waals surface area (Å²) < 4.78 is 7.74. The molecule has 2 heterocycles. The highest BCUT2D eigenvalue weighted by molar-refractivity contribution is 9.10. The van der Waals surface area contributed by atoms with E-state index >= 15 is 0 Å². The molecule has 0 radical (unpaired) electrons. The highest BCUT2D eigenvalue weighted by atomic mass is 79.9. The zero-order valence-corrected chi connectivity index (χ0v) is 9.15. The molecule has 0 saturated heterocycles. The van der Waals surface area contributed by atoms with E-state index in [1.165, 1.54) is 0 Å². The number of rotatable bonds is 2. The minimum atomic E-state index is 0.349. The van der Waals surface area contributed by atoms with Gasteiger partial charge < -0.3 is 10.2 Å². The monoisotopic (exact) mass is 256 g/mol. The molecule has 74 valence electrons. The predicted molar refractivity (Wildman–Crippen MR) is 54.3 cm³/mol. The molecule has 2 N–H and O–H groups in total. The molecule has 0 atom stereocenters. The van der Waals surface area contributed by atoms with E-state index in [-0.39, 0.29) is 0 Å². The van der Waals surface area contributed by atoms with Gasteiger partial charge in [0.15, 0.2) is 10.4 Å². The summed E-state index contributed by atoms with van der Waals surface area (Å²) in [6.45, 7) is 0.349. The van der Waals surface area contributed by atoms with Crippen molar-refractivity contribution in [3.63, 3.8) is 0 Å². The maximum Gasteiger partial charge on any atom is 0.169 e. The number of halogens is 1. The molecule has 0 aliphatic heterocycles. The van der Waals surface area contributed by atoms with E-state index in [9.17, 15) is 0 Å². The van der Waals surface area contributed by atoms with Crippen molar-refractivity contribution in [2.24, 2.45) is 12.8 Å². The molecule has 0 bridgehead atoms. The first-order valence-electron chi connectivity index (χ1n) is 4.06. The smallest absolute Gasteiger partial charge is 0.169 e. The van der Waals surface area contributed by atoms with Crippen LogP contribution in [0.1, 0.15) is 5.69 Å². The first-order chi connectivity index (χ1) is 6.72. The van der Waals surface area contributed by atoms with Crippen molar-refractivity contribution in [1.29, 1.82) is 0 Å². The van der Waals surface area contributed by atoms with E-state index in [0.717, 1.165) is 11.4 Å². The number of hydrogen-bond acceptors (Lipinski definition) is 4. The van der Waals surface area contributed by atoms with E-state index in [1.54, 1.807) is 11.7 Å². The molecule has 0 amide bonds. The van der Waals surface area contributed by atoms with Gasteiger partial charge in [-0.3, -0.25) is 0 Å². The fourth-order valence-electron chi connectivity index (χ4n) is 1.28. The predicted octanol–water partition coefficient (Wildman–Crippen LogP) is 1.30. The van der Waals surface area contributed by atoms with Gasteiger partial charge in [-0.25, -0.2) is 4.68 Å². The average Bonchev–Trinajstić information content (AvgIpc) is 2.71. The molecule has 0 spiro atoms. The Morgan fingerprint density at radius 3 is 2.93 bits per heavy atom. The Morgan fingerprint density at radius 1 is 1.57 bits per heavy atom. The van der Waals surface area contributed by atoms with E-state index in [2.05, 4.69) is 26.2 Å². The van der Waals surface area contributed by atoms with Crippen LogP contribution in [0, 0.1) is 0 Å². The van der Waals surface area contributed by atoms with Crippen LogP contribution in [0.3, 0.4) is 0 Å². The Balaban J connectivity index is 2.54. The minimum Gasteiger partial charge on any atom is -0.448 e. The van der Waals surface area contributed by atoms with Gasteiger partial charge in [-0.05, 0) is 28.1 Å². The molecular formula is C8H9BrN4O. The minimum absolute atomic E-state index is 0.349. The number of furan rings is 1. The Bertz CT molecular complexity index is 448. The second-order valence-electron chi connectivity index (χ2n) is 2.82. The number of hydrogen-bond donors (Lipinski definition) is 1. The van der Waals surface area contributed by atoms with Gasteiger partial charge in [0.1, 0.15) is 11.4 Å². The van der Waals surface area contributed by atoms with E-state index < -0.39 is 0 Å². The summed E-state index contributed by atoms with van der Waals surface area (Å²) >= 11 is 3.24. The molecule has 0 unspecified atom stereocenters. The molecule has 6 heteroatoms. The topological polar surface area (TPSA) is 69.9 Å². The summed E-state index contributed by atoms with van der Waals surface area (Å²) in [6, 6.07) is 3.67. The zero-order chi connectivity index (χ0) is 10.1. The number of aromatic nitrogens is 3. The molecule has 5 nitrogen and oxygen atoms in total. The normalized spacial score (nSPS) is 10.8. The van der Waals surface area contributed by atoms with Crippen molar-refractivity contribution in [3.05, 3.63) is 22.5 Å². The highest BCUT2D eigenvalue weighted by Crippen LogP contribution is 2.26. The number of aryl methyl sites for hydroxylation is 1. The van der Waals surface area contributed by atoms with Crippen LogP contribution in [0.5, 0.6) is 0 Å². The summed E-state index contributed by atoms with van der Waals surface area (Å²) in [7, 11) is 1.80. The standard InChI is InChI=1S/C8H9BrN4O/c1-13-8(5(4-10)11-12-13)6-2-3-7(9)14-6/h2-3H,4,10H2,1H3. The molecule has 0 saturated carbocycles. The number of nitrogens with two attached hydrogens (primary N) is 1. The molecule has 2 aromatic heterocycles. The van der Waals surface area contributed by atoms with E-state index in [4.69, 9.17) is 10.2 Å². The first-order valence-corrected chi connectivity index (χ1v) is 4.86. The van der Waals surface area contributed by atoms with Gasteiger partial charge in [-0.15, -0.1) is 5.10 Å². The van der Waals surface area contributed by atoms with Crippen LogP contribution in [0.25, 0.3) is 11.5 Å². The third-order valence-corrected chi connectivity index (χ3v) is 2.32. The van der Waals surface area contributed by atoms with Crippen molar-refractivity contribution in [3.8, 4) is 11.5 Å². The highest BCUT2D eigenvalue weighted by Gasteiger charge is 2.14. The quantitative estimate of drug-likeness (QED) is 0.880. The Labute approximate surface area is 89.0 Å². The van der Waals surface area contributed by atoms with Crippen molar-refractivity contribution < 1.29 is 4.42 Å². The van der Waals surface area contributed by atoms with Crippen molar-refractivity contribution in [2.75, 3.05) is 0 Å². The molecular weight excluding hydrogens is 248 g/mol. The van der Waals surface area contributed by atoms with E-state index in [1.807, 2.05) is 12.1 Å². The van der Waals surface area contributed by atoms with Crippen LogP contribution in [-0.2, 0) is 13.6 Å². The van der Waals surface area contributed by atoms with Gasteiger partial charge in [0.05, 0.1) is 0 Å². The molecule has 2 rings (SSSR count). The van der Waals surface area contributed by atoms with Crippen LogP contribution in [-0.4, -0.2) is 15.0 Å². The summed E-state index contributed by atoms with van der Waals surface area (Å²) in [4.78, 5) is 0. The SMILES string of the molecule is Cn1nnc(CN)c1-c1ccc(Br)o1. The lowest BCUT2D eigenvalue weighted by molar-refractivity contribution is 0.547. The lowest BCUT2D eigenvalue weighted by atomic mass is 10.2. The third-order valence-electron chi connectivity index (χ3n) is 1.90. The fourth-order valence-corrected chi connectivity index (χ4v) is 1.59.